The highest BCUT2D eigenvalue weighted by molar-refractivity contribution is 7.14. The molecule has 0 aliphatic rings. The zero-order valence-corrected chi connectivity index (χ0v) is 12.9. The van der Waals surface area contributed by atoms with Crippen LogP contribution in [0.2, 0.25) is 0 Å². The van der Waals surface area contributed by atoms with Crippen LogP contribution in [0.4, 0.5) is 10.7 Å². The number of nitrogens with two attached hydrogens (primary N) is 1. The molecule has 2 aromatic rings. The van der Waals surface area contributed by atoms with E-state index in [1.54, 1.807) is 18.4 Å². The lowest BCUT2D eigenvalue weighted by Gasteiger charge is -2.08. The van der Waals surface area contributed by atoms with Crippen LogP contribution >= 0.6 is 11.3 Å². The van der Waals surface area contributed by atoms with Crippen LogP contribution in [-0.4, -0.2) is 23.3 Å². The molecule has 0 fully saturated rings. The Kier molecular flexibility index (Phi) is 4.91. The fourth-order valence-corrected chi connectivity index (χ4v) is 2.61. The summed E-state index contributed by atoms with van der Waals surface area (Å²) in [7, 11) is 0. The van der Waals surface area contributed by atoms with Crippen LogP contribution in [-0.2, 0) is 4.79 Å². The molecule has 0 saturated carbocycles. The van der Waals surface area contributed by atoms with Crippen molar-refractivity contribution in [2.75, 3.05) is 11.9 Å². The number of carbonyl (C=O) groups is 2. The fourth-order valence-electron chi connectivity index (χ4n) is 1.80. The number of nitro groups is 1. The van der Waals surface area contributed by atoms with Crippen LogP contribution in [0.5, 0.6) is 5.75 Å². The molecule has 8 nitrogen and oxygen atoms in total. The highest BCUT2D eigenvalue weighted by atomic mass is 32.1. The third kappa shape index (κ3) is 4.04. The van der Waals surface area contributed by atoms with E-state index in [4.69, 9.17) is 10.5 Å². The number of amides is 2. The van der Waals surface area contributed by atoms with Gasteiger partial charge in [-0.2, -0.15) is 0 Å². The van der Waals surface area contributed by atoms with Crippen molar-refractivity contribution in [1.82, 2.24) is 0 Å². The number of hydrogen-bond acceptors (Lipinski definition) is 6. The van der Waals surface area contributed by atoms with Crippen molar-refractivity contribution in [2.45, 2.75) is 6.92 Å². The Bertz CT molecular complexity index is 772. The van der Waals surface area contributed by atoms with Crippen molar-refractivity contribution in [3.8, 4) is 5.75 Å². The van der Waals surface area contributed by atoms with Gasteiger partial charge in [0.05, 0.1) is 10.5 Å². The van der Waals surface area contributed by atoms with Gasteiger partial charge in [0.1, 0.15) is 5.00 Å². The molecule has 0 saturated heterocycles. The average Bonchev–Trinajstić information content (AvgIpc) is 2.94. The molecular formula is C14H13N3O5S. The summed E-state index contributed by atoms with van der Waals surface area (Å²) in [5.74, 6) is -1.21. The van der Waals surface area contributed by atoms with Gasteiger partial charge in [-0.15, -0.1) is 11.3 Å². The number of carbonyl (C=O) groups excluding carboxylic acids is 2. The second kappa shape index (κ2) is 6.88. The molecule has 3 N–H and O–H groups in total. The van der Waals surface area contributed by atoms with Crippen molar-refractivity contribution in [3.05, 3.63) is 50.9 Å². The van der Waals surface area contributed by atoms with Crippen LogP contribution in [0, 0.1) is 17.0 Å². The maximum absolute atomic E-state index is 11.9. The lowest BCUT2D eigenvalue weighted by Crippen LogP contribution is -2.22. The summed E-state index contributed by atoms with van der Waals surface area (Å²) in [5.41, 5.74) is 5.87. The molecule has 23 heavy (non-hydrogen) atoms. The van der Waals surface area contributed by atoms with Crippen molar-refractivity contribution in [3.63, 3.8) is 0 Å². The lowest BCUT2D eigenvalue weighted by molar-refractivity contribution is -0.385. The molecule has 0 aliphatic heterocycles. The molecule has 0 atom stereocenters. The summed E-state index contributed by atoms with van der Waals surface area (Å²) in [5, 5.41) is 15.4. The summed E-state index contributed by atoms with van der Waals surface area (Å²) in [6, 6.07) is 5.93. The number of nitrogens with one attached hydrogen (secondary N) is 1. The third-order valence-corrected chi connectivity index (χ3v) is 3.68. The predicted molar refractivity (Wildman–Crippen MR) is 84.8 cm³/mol. The number of nitro benzene ring substituents is 1. The van der Waals surface area contributed by atoms with E-state index in [0.717, 1.165) is 11.3 Å². The largest absolute Gasteiger partial charge is 0.477 e. The quantitative estimate of drug-likeness (QED) is 0.617. The normalized spacial score (nSPS) is 10.1. The first-order valence-electron chi connectivity index (χ1n) is 6.43. The monoisotopic (exact) mass is 335 g/mol. The number of anilines is 1. The van der Waals surface area contributed by atoms with E-state index >= 15 is 0 Å². The van der Waals surface area contributed by atoms with Gasteiger partial charge in [0.25, 0.3) is 11.8 Å². The Balaban J connectivity index is 2.04. The van der Waals surface area contributed by atoms with Gasteiger partial charge in [-0.05, 0) is 30.0 Å². The highest BCUT2D eigenvalue weighted by Crippen LogP contribution is 2.28. The molecule has 1 aromatic carbocycles. The summed E-state index contributed by atoms with van der Waals surface area (Å²) >= 11 is 1.14. The van der Waals surface area contributed by atoms with E-state index in [2.05, 4.69) is 5.32 Å². The summed E-state index contributed by atoms with van der Waals surface area (Å²) in [6.45, 7) is 1.28. The number of ether oxygens (including phenoxy) is 1. The van der Waals surface area contributed by atoms with Gasteiger partial charge < -0.3 is 15.8 Å². The average molecular weight is 335 g/mol. The lowest BCUT2D eigenvalue weighted by atomic mass is 10.2. The van der Waals surface area contributed by atoms with E-state index in [9.17, 15) is 19.7 Å². The van der Waals surface area contributed by atoms with Gasteiger partial charge in [0.2, 0.25) is 0 Å². The van der Waals surface area contributed by atoms with Gasteiger partial charge in [0.15, 0.2) is 12.4 Å². The summed E-state index contributed by atoms with van der Waals surface area (Å²) < 4.78 is 5.20. The zero-order valence-electron chi connectivity index (χ0n) is 12.1. The molecule has 2 rings (SSSR count). The molecule has 9 heteroatoms. The van der Waals surface area contributed by atoms with Gasteiger partial charge in [-0.25, -0.2) is 0 Å². The predicted octanol–water partition coefficient (Wildman–Crippen LogP) is 2.08. The second-order valence-electron chi connectivity index (χ2n) is 4.59. The number of nitrogens with zero attached hydrogens (tertiary/aromatic N) is 1. The summed E-state index contributed by atoms with van der Waals surface area (Å²) in [6.07, 6.45) is 0. The highest BCUT2D eigenvalue weighted by Gasteiger charge is 2.17. The summed E-state index contributed by atoms with van der Waals surface area (Å²) in [4.78, 5) is 33.4. The minimum atomic E-state index is -0.656. The Morgan fingerprint density at radius 3 is 2.78 bits per heavy atom. The van der Waals surface area contributed by atoms with Crippen molar-refractivity contribution in [1.29, 1.82) is 0 Å². The smallest absolute Gasteiger partial charge is 0.311 e. The molecular weight excluding hydrogens is 322 g/mol. The minimum absolute atomic E-state index is 0.00273. The van der Waals surface area contributed by atoms with Crippen LogP contribution < -0.4 is 15.8 Å². The molecule has 1 aromatic heterocycles. The first kappa shape index (κ1) is 16.4. The second-order valence-corrected chi connectivity index (χ2v) is 5.51. The van der Waals surface area contributed by atoms with E-state index < -0.39 is 23.3 Å². The molecule has 0 aliphatic carbocycles. The molecule has 0 bridgehead atoms. The Morgan fingerprint density at radius 1 is 1.39 bits per heavy atom. The first-order valence-corrected chi connectivity index (χ1v) is 7.31. The first-order chi connectivity index (χ1) is 10.9. The van der Waals surface area contributed by atoms with Gasteiger partial charge in [0, 0.05) is 6.07 Å². The Labute approximate surface area is 135 Å². The topological polar surface area (TPSA) is 125 Å². The number of rotatable bonds is 6. The zero-order chi connectivity index (χ0) is 17.0. The van der Waals surface area contributed by atoms with Crippen molar-refractivity contribution >= 4 is 33.8 Å². The van der Waals surface area contributed by atoms with Gasteiger partial charge in [-0.1, -0.05) is 6.07 Å². The maximum atomic E-state index is 11.9. The minimum Gasteiger partial charge on any atom is -0.477 e. The maximum Gasteiger partial charge on any atom is 0.311 e. The third-order valence-electron chi connectivity index (χ3n) is 2.85. The number of primary amides is 1. The molecule has 1 heterocycles. The molecule has 0 radical (unpaired) electrons. The van der Waals surface area contributed by atoms with Gasteiger partial charge >= 0.3 is 5.69 Å². The number of aryl methyl sites for hydroxylation is 1. The fraction of sp³-hybridized carbons (Fsp3) is 0.143. The number of hydrogen-bond donors (Lipinski definition) is 2. The van der Waals surface area contributed by atoms with Crippen molar-refractivity contribution in [2.24, 2.45) is 5.73 Å². The van der Waals surface area contributed by atoms with Crippen LogP contribution in [0.25, 0.3) is 0 Å². The van der Waals surface area contributed by atoms with E-state index in [-0.39, 0.29) is 17.0 Å². The Morgan fingerprint density at radius 2 is 2.13 bits per heavy atom. The van der Waals surface area contributed by atoms with Crippen LogP contribution in [0.15, 0.2) is 29.6 Å². The molecule has 120 valence electrons. The van der Waals surface area contributed by atoms with E-state index in [1.165, 1.54) is 18.2 Å². The van der Waals surface area contributed by atoms with E-state index in [0.29, 0.717) is 10.6 Å². The molecule has 2 amide bonds. The SMILES string of the molecule is Cc1ccc(OCC(=O)Nc2sccc2C(N)=O)c([N+](=O)[O-])c1. The molecule has 0 spiro atoms. The van der Waals surface area contributed by atoms with Crippen LogP contribution in [0.1, 0.15) is 15.9 Å². The van der Waals surface area contributed by atoms with Crippen LogP contribution in [0.3, 0.4) is 0 Å². The molecule has 0 unspecified atom stereocenters. The van der Waals surface area contributed by atoms with E-state index in [1.807, 2.05) is 0 Å². The number of benzene rings is 1. The van der Waals surface area contributed by atoms with Crippen molar-refractivity contribution < 1.29 is 19.2 Å². The standard InChI is InChI=1S/C14H13N3O5S/c1-8-2-3-11(10(6-8)17(20)21)22-7-12(18)16-14-9(13(15)19)4-5-23-14/h2-6H,7H2,1H3,(H2,15,19)(H,16,18). The van der Waals surface area contributed by atoms with Gasteiger partial charge in [-0.3, -0.25) is 19.7 Å². The Hall–Kier alpha value is -2.94. The number of thiophene rings is 1.